The molecule has 0 N–H and O–H groups in total. The van der Waals surface area contributed by atoms with Gasteiger partial charge in [-0.3, -0.25) is 4.79 Å². The predicted molar refractivity (Wildman–Crippen MR) is 182 cm³/mol. The molecule has 1 nitrogen and oxygen atoms in total. The van der Waals surface area contributed by atoms with Gasteiger partial charge >= 0.3 is 0 Å². The zero-order valence-corrected chi connectivity index (χ0v) is 27.5. The van der Waals surface area contributed by atoms with Crippen molar-refractivity contribution in [3.63, 3.8) is 0 Å². The fourth-order valence-corrected chi connectivity index (χ4v) is 5.56. The zero-order valence-electron chi connectivity index (χ0n) is 27.5. The van der Waals surface area contributed by atoms with Gasteiger partial charge in [-0.05, 0) is 97.6 Å². The first-order chi connectivity index (χ1) is 19.2. The van der Waals surface area contributed by atoms with Crippen LogP contribution in [0.4, 0.5) is 0 Å². The maximum Gasteiger partial charge on any atom is 0.143 e. The minimum absolute atomic E-state index is 0.281. The summed E-state index contributed by atoms with van der Waals surface area (Å²) in [5.74, 6) is 0.334. The minimum Gasteiger partial charge on any atom is -0.299 e. The van der Waals surface area contributed by atoms with E-state index in [1.54, 1.807) is 0 Å². The van der Waals surface area contributed by atoms with Crippen molar-refractivity contribution in [3.05, 3.63) is 130 Å². The number of allylic oxidation sites excluding steroid dienone is 22. The Labute approximate surface area is 252 Å². The number of carbonyl (C=O) groups is 1. The summed E-state index contributed by atoms with van der Waals surface area (Å²) in [6, 6.07) is 0. The Bertz CT molecular complexity index is 1300. The van der Waals surface area contributed by atoms with E-state index in [4.69, 9.17) is 0 Å². The second-order valence-corrected chi connectivity index (χ2v) is 13.1. The van der Waals surface area contributed by atoms with Crippen molar-refractivity contribution in [1.82, 2.24) is 0 Å². The third-order valence-corrected chi connectivity index (χ3v) is 8.39. The summed E-state index contributed by atoms with van der Waals surface area (Å²) in [6.07, 6.45) is 35.3. The van der Waals surface area contributed by atoms with Gasteiger partial charge in [0.2, 0.25) is 0 Å². The lowest BCUT2D eigenvalue weighted by molar-refractivity contribution is -0.125. The number of hydrogen-bond acceptors (Lipinski definition) is 1. The molecule has 0 fully saturated rings. The molecular weight excluding hydrogens is 496 g/mol. The standard InChI is InChI=1S/C40H54O/c1-30(18-13-20-32(3)23-26-36-34(5)22-15-29-39(36,7)8)16-11-12-17-31(2)19-14-21-33(4)24-27-37-35(6)25-28-38(41)40(37,9)10/h11-14,16-21,23-24,26-27H,15,22,25,28-29H2,1-10H3/b12-11+,18-13?,19-14+,26-23?,27-24+,30-16?,31-17+,32-20?,33-21+. The van der Waals surface area contributed by atoms with E-state index in [1.807, 2.05) is 13.8 Å². The molecule has 0 aliphatic heterocycles. The molecule has 2 aliphatic carbocycles. The molecule has 0 spiro atoms. The molecule has 0 saturated carbocycles. The molecule has 0 amide bonds. The maximum atomic E-state index is 12.4. The van der Waals surface area contributed by atoms with E-state index in [2.05, 4.69) is 140 Å². The largest absolute Gasteiger partial charge is 0.299 e. The fourth-order valence-electron chi connectivity index (χ4n) is 5.56. The first-order valence-electron chi connectivity index (χ1n) is 15.3. The van der Waals surface area contributed by atoms with Gasteiger partial charge in [0.1, 0.15) is 5.78 Å². The fraction of sp³-hybridized carbons (Fsp3) is 0.425. The number of ketones is 1. The monoisotopic (exact) mass is 550 g/mol. The van der Waals surface area contributed by atoms with Crippen LogP contribution in [0.15, 0.2) is 130 Å². The van der Waals surface area contributed by atoms with Crippen LogP contribution >= 0.6 is 0 Å². The molecule has 2 rings (SSSR count). The van der Waals surface area contributed by atoms with Crippen molar-refractivity contribution >= 4 is 5.78 Å². The van der Waals surface area contributed by atoms with Gasteiger partial charge in [-0.15, -0.1) is 0 Å². The molecule has 220 valence electrons. The van der Waals surface area contributed by atoms with Gasteiger partial charge < -0.3 is 0 Å². The Kier molecular flexibility index (Phi) is 13.0. The molecule has 0 aromatic carbocycles. The molecule has 0 heterocycles. The average Bonchev–Trinajstić information content (AvgIpc) is 2.88. The van der Waals surface area contributed by atoms with Crippen molar-refractivity contribution in [1.29, 1.82) is 0 Å². The van der Waals surface area contributed by atoms with Crippen LogP contribution in [0.3, 0.4) is 0 Å². The van der Waals surface area contributed by atoms with Crippen LogP contribution in [0.25, 0.3) is 0 Å². The molecule has 2 aliphatic rings. The minimum atomic E-state index is -0.389. The van der Waals surface area contributed by atoms with Crippen molar-refractivity contribution in [3.8, 4) is 0 Å². The molecule has 0 saturated heterocycles. The lowest BCUT2D eigenvalue weighted by Crippen LogP contribution is -2.30. The van der Waals surface area contributed by atoms with Gasteiger partial charge in [-0.25, -0.2) is 0 Å². The van der Waals surface area contributed by atoms with E-state index in [0.717, 1.165) is 12.0 Å². The second-order valence-electron chi connectivity index (χ2n) is 13.1. The Hall–Kier alpha value is -3.19. The SMILES string of the molecule is CC(C=CC1=C(C)CCCC1(C)C)=CC=CC(C)=C/C=C/C=C(C)/C=C/C=C(C)/C=C/C1=C(C)CCC(=O)C1(C)C. The molecule has 0 radical (unpaired) electrons. The third-order valence-electron chi connectivity index (χ3n) is 8.39. The van der Waals surface area contributed by atoms with Crippen LogP contribution in [-0.4, -0.2) is 5.78 Å². The van der Waals surface area contributed by atoms with Gasteiger partial charge in [0.05, 0.1) is 0 Å². The van der Waals surface area contributed by atoms with Crippen molar-refractivity contribution in [2.45, 2.75) is 101 Å². The summed E-state index contributed by atoms with van der Waals surface area (Å²) < 4.78 is 0. The van der Waals surface area contributed by atoms with E-state index in [0.29, 0.717) is 12.2 Å². The van der Waals surface area contributed by atoms with Crippen molar-refractivity contribution in [2.75, 3.05) is 0 Å². The number of hydrogen-bond donors (Lipinski definition) is 0. The van der Waals surface area contributed by atoms with Gasteiger partial charge in [0, 0.05) is 11.8 Å². The third kappa shape index (κ3) is 11.0. The molecule has 0 aromatic heterocycles. The molecule has 0 unspecified atom stereocenters. The van der Waals surface area contributed by atoms with Gasteiger partial charge in [-0.2, -0.15) is 0 Å². The summed E-state index contributed by atoms with van der Waals surface area (Å²) in [5.41, 5.74) is 10.2. The quantitative estimate of drug-likeness (QED) is 0.247. The van der Waals surface area contributed by atoms with Gasteiger partial charge in [0.15, 0.2) is 0 Å². The molecule has 0 atom stereocenters. The molecular formula is C40H54O. The van der Waals surface area contributed by atoms with Gasteiger partial charge in [0.25, 0.3) is 0 Å². The van der Waals surface area contributed by atoms with Gasteiger partial charge in [-0.1, -0.05) is 132 Å². The Morgan fingerprint density at radius 1 is 0.585 bits per heavy atom. The highest BCUT2D eigenvalue weighted by atomic mass is 16.1. The van der Waals surface area contributed by atoms with Crippen LogP contribution in [0.5, 0.6) is 0 Å². The highest BCUT2D eigenvalue weighted by molar-refractivity contribution is 5.89. The lowest BCUT2D eigenvalue weighted by atomic mass is 9.71. The Morgan fingerprint density at radius 2 is 1.02 bits per heavy atom. The summed E-state index contributed by atoms with van der Waals surface area (Å²) in [6.45, 7) is 21.7. The number of carbonyl (C=O) groups excluding carboxylic acids is 1. The molecule has 0 aromatic rings. The maximum absolute atomic E-state index is 12.4. The smallest absolute Gasteiger partial charge is 0.143 e. The van der Waals surface area contributed by atoms with Crippen molar-refractivity contribution < 1.29 is 4.79 Å². The highest BCUT2D eigenvalue weighted by Crippen LogP contribution is 2.41. The van der Waals surface area contributed by atoms with E-state index >= 15 is 0 Å². The van der Waals surface area contributed by atoms with E-state index in [-0.39, 0.29) is 10.8 Å². The topological polar surface area (TPSA) is 17.1 Å². The van der Waals surface area contributed by atoms with Crippen LogP contribution < -0.4 is 0 Å². The van der Waals surface area contributed by atoms with Crippen LogP contribution in [0.1, 0.15) is 101 Å². The Balaban J connectivity index is 1.90. The van der Waals surface area contributed by atoms with Crippen LogP contribution in [0, 0.1) is 10.8 Å². The summed E-state index contributed by atoms with van der Waals surface area (Å²) in [4.78, 5) is 12.4. The summed E-state index contributed by atoms with van der Waals surface area (Å²) >= 11 is 0. The van der Waals surface area contributed by atoms with Crippen molar-refractivity contribution in [2.24, 2.45) is 10.8 Å². The van der Waals surface area contributed by atoms with Crippen LogP contribution in [0.2, 0.25) is 0 Å². The zero-order chi connectivity index (χ0) is 30.6. The second kappa shape index (κ2) is 15.7. The first-order valence-corrected chi connectivity index (χ1v) is 15.3. The number of rotatable bonds is 10. The lowest BCUT2D eigenvalue weighted by Gasteiger charge is -2.32. The number of Topliss-reactive ketones (excluding diaryl/α,β-unsaturated/α-hetero) is 1. The first kappa shape index (κ1) is 34.0. The van der Waals surface area contributed by atoms with E-state index in [9.17, 15) is 4.79 Å². The Morgan fingerprint density at radius 3 is 1.54 bits per heavy atom. The van der Waals surface area contributed by atoms with E-state index < -0.39 is 0 Å². The van der Waals surface area contributed by atoms with E-state index in [1.165, 1.54) is 58.3 Å². The predicted octanol–water partition coefficient (Wildman–Crippen LogP) is 11.8. The summed E-state index contributed by atoms with van der Waals surface area (Å²) in [7, 11) is 0. The highest BCUT2D eigenvalue weighted by Gasteiger charge is 2.34. The molecule has 41 heavy (non-hydrogen) atoms. The molecule has 1 heteroatoms. The normalized spacial score (nSPS) is 21.8. The summed E-state index contributed by atoms with van der Waals surface area (Å²) in [5, 5.41) is 0. The molecule has 0 bridgehead atoms. The van der Waals surface area contributed by atoms with Crippen LogP contribution in [-0.2, 0) is 4.79 Å². The average molecular weight is 551 g/mol.